The Balaban J connectivity index is 1.81. The van der Waals surface area contributed by atoms with E-state index < -0.39 is 22.8 Å². The Morgan fingerprint density at radius 1 is 1.06 bits per heavy atom. The van der Waals surface area contributed by atoms with Crippen molar-refractivity contribution in [2.75, 3.05) is 33.4 Å². The number of methoxy groups -OCH3 is 1. The Morgan fingerprint density at radius 3 is 2.24 bits per heavy atom. The van der Waals surface area contributed by atoms with Crippen LogP contribution < -0.4 is 5.32 Å². The van der Waals surface area contributed by atoms with Crippen LogP contribution in [0.4, 0.5) is 5.69 Å². The second kappa shape index (κ2) is 11.1. The molecular formula is C24H31N3O6. The molecule has 1 N–H and O–H groups in total. The van der Waals surface area contributed by atoms with Crippen LogP contribution in [0.5, 0.6) is 0 Å². The lowest BCUT2D eigenvalue weighted by molar-refractivity contribution is -0.384. The normalized spacial score (nSPS) is 19.2. The summed E-state index contributed by atoms with van der Waals surface area (Å²) in [6, 6.07) is 5.83. The van der Waals surface area contributed by atoms with Gasteiger partial charge in [0.15, 0.2) is 0 Å². The van der Waals surface area contributed by atoms with Gasteiger partial charge in [-0.25, -0.2) is 9.59 Å². The maximum absolute atomic E-state index is 13.2. The highest BCUT2D eigenvalue weighted by Gasteiger charge is 2.38. The number of esters is 2. The van der Waals surface area contributed by atoms with Crippen LogP contribution in [0.25, 0.3) is 0 Å². The topological polar surface area (TPSA) is 111 Å². The van der Waals surface area contributed by atoms with Gasteiger partial charge in [-0.15, -0.1) is 0 Å². The summed E-state index contributed by atoms with van der Waals surface area (Å²) in [7, 11) is 1.28. The van der Waals surface area contributed by atoms with Crippen LogP contribution in [0, 0.1) is 10.1 Å². The van der Waals surface area contributed by atoms with Crippen LogP contribution in [-0.4, -0.2) is 55.1 Å². The van der Waals surface area contributed by atoms with E-state index in [2.05, 4.69) is 10.2 Å². The number of ether oxygens (including phenoxy) is 2. The first-order valence-electron chi connectivity index (χ1n) is 11.2. The number of non-ortho nitro benzene ring substituents is 1. The van der Waals surface area contributed by atoms with Crippen molar-refractivity contribution in [1.29, 1.82) is 0 Å². The Morgan fingerprint density at radius 2 is 1.67 bits per heavy atom. The molecule has 2 aliphatic rings. The molecule has 0 spiro atoms. The zero-order valence-electron chi connectivity index (χ0n) is 19.4. The minimum atomic E-state index is -0.755. The second-order valence-corrected chi connectivity index (χ2v) is 8.37. The van der Waals surface area contributed by atoms with Crippen molar-refractivity contribution >= 4 is 17.6 Å². The summed E-state index contributed by atoms with van der Waals surface area (Å²) in [6.45, 7) is 6.79. The third-order valence-electron chi connectivity index (χ3n) is 6.12. The molecule has 1 unspecified atom stereocenters. The van der Waals surface area contributed by atoms with Gasteiger partial charge in [0, 0.05) is 30.1 Å². The molecule has 1 aromatic carbocycles. The molecule has 1 aromatic rings. The number of rotatable bonds is 8. The van der Waals surface area contributed by atoms with E-state index in [1.807, 2.05) is 0 Å². The van der Waals surface area contributed by atoms with Gasteiger partial charge in [0.05, 0.1) is 35.7 Å². The number of hydrogen-bond donors (Lipinski definition) is 1. The van der Waals surface area contributed by atoms with Gasteiger partial charge in [-0.3, -0.25) is 10.1 Å². The highest BCUT2D eigenvalue weighted by Crippen LogP contribution is 2.39. The summed E-state index contributed by atoms with van der Waals surface area (Å²) < 4.78 is 10.6. The molecule has 0 amide bonds. The van der Waals surface area contributed by atoms with Gasteiger partial charge >= 0.3 is 11.9 Å². The molecule has 9 heteroatoms. The van der Waals surface area contributed by atoms with E-state index in [4.69, 9.17) is 9.47 Å². The fraction of sp³-hybridized carbons (Fsp3) is 0.500. The summed E-state index contributed by atoms with van der Waals surface area (Å²) in [5.41, 5.74) is 2.20. The zero-order valence-corrected chi connectivity index (χ0v) is 19.4. The molecule has 1 saturated heterocycles. The predicted molar refractivity (Wildman–Crippen MR) is 122 cm³/mol. The highest BCUT2D eigenvalue weighted by molar-refractivity contribution is 5.99. The summed E-state index contributed by atoms with van der Waals surface area (Å²) in [4.78, 5) is 38.8. The molecule has 0 saturated carbocycles. The third kappa shape index (κ3) is 5.78. The molecule has 0 bridgehead atoms. The standard InChI is InChI=1S/C24H31N3O6/c1-16-20(23(28)32-3)22(18-8-10-19(11-9-18)27(30)31)21(17(2)25-16)24(29)33-15-7-14-26-12-5-4-6-13-26/h8-11,22,25H,4-7,12-15H2,1-3H3. The molecule has 1 atom stereocenters. The van der Waals surface area contributed by atoms with Crippen LogP contribution in [0.3, 0.4) is 0 Å². The average Bonchev–Trinajstić information content (AvgIpc) is 2.81. The molecule has 2 heterocycles. The molecule has 0 aliphatic carbocycles. The van der Waals surface area contributed by atoms with Crippen LogP contribution >= 0.6 is 0 Å². The Kier molecular flexibility index (Phi) is 8.21. The minimum Gasteiger partial charge on any atom is -0.466 e. The number of carbonyl (C=O) groups is 2. The van der Waals surface area contributed by atoms with E-state index in [0.717, 1.165) is 26.1 Å². The quantitative estimate of drug-likeness (QED) is 0.274. The molecule has 3 rings (SSSR count). The number of hydrogen-bond acceptors (Lipinski definition) is 8. The van der Waals surface area contributed by atoms with Crippen LogP contribution in [0.15, 0.2) is 46.8 Å². The maximum atomic E-state index is 13.2. The van der Waals surface area contributed by atoms with E-state index in [0.29, 0.717) is 22.5 Å². The Hall–Kier alpha value is -3.20. The van der Waals surface area contributed by atoms with Crippen LogP contribution in [-0.2, 0) is 19.1 Å². The number of piperidine rings is 1. The lowest BCUT2D eigenvalue weighted by Crippen LogP contribution is -2.33. The number of nitrogens with zero attached hydrogens (tertiary/aromatic N) is 2. The molecular weight excluding hydrogens is 426 g/mol. The second-order valence-electron chi connectivity index (χ2n) is 8.37. The molecule has 9 nitrogen and oxygen atoms in total. The van der Waals surface area contributed by atoms with E-state index in [1.165, 1.54) is 38.5 Å². The van der Waals surface area contributed by atoms with Crippen LogP contribution in [0.2, 0.25) is 0 Å². The monoisotopic (exact) mass is 457 g/mol. The first kappa shape index (κ1) is 24.4. The van der Waals surface area contributed by atoms with Gasteiger partial charge in [0.1, 0.15) is 0 Å². The molecule has 178 valence electrons. The maximum Gasteiger partial charge on any atom is 0.336 e. The Bertz CT molecular complexity index is 961. The molecule has 0 aromatic heterocycles. The lowest BCUT2D eigenvalue weighted by atomic mass is 9.80. The molecule has 33 heavy (non-hydrogen) atoms. The summed E-state index contributed by atoms with van der Waals surface area (Å²) >= 11 is 0. The molecule has 0 radical (unpaired) electrons. The lowest BCUT2D eigenvalue weighted by Gasteiger charge is -2.30. The highest BCUT2D eigenvalue weighted by atomic mass is 16.6. The summed E-state index contributed by atoms with van der Waals surface area (Å²) in [6.07, 6.45) is 4.41. The average molecular weight is 458 g/mol. The van der Waals surface area contributed by atoms with Crippen molar-refractivity contribution in [3.8, 4) is 0 Å². The smallest absolute Gasteiger partial charge is 0.336 e. The fourth-order valence-electron chi connectivity index (χ4n) is 4.48. The van der Waals surface area contributed by atoms with E-state index >= 15 is 0 Å². The first-order chi connectivity index (χ1) is 15.8. The van der Waals surface area contributed by atoms with Crippen molar-refractivity contribution < 1.29 is 24.0 Å². The van der Waals surface area contributed by atoms with Crippen molar-refractivity contribution in [1.82, 2.24) is 10.2 Å². The summed E-state index contributed by atoms with van der Waals surface area (Å²) in [5, 5.41) is 14.2. The van der Waals surface area contributed by atoms with E-state index in [-0.39, 0.29) is 17.9 Å². The van der Waals surface area contributed by atoms with E-state index in [9.17, 15) is 19.7 Å². The van der Waals surface area contributed by atoms with Gasteiger partial charge in [-0.1, -0.05) is 18.6 Å². The molecule has 1 fully saturated rings. The largest absolute Gasteiger partial charge is 0.466 e. The van der Waals surface area contributed by atoms with Gasteiger partial charge in [-0.05, 0) is 51.8 Å². The van der Waals surface area contributed by atoms with Gasteiger partial charge in [0.2, 0.25) is 0 Å². The number of nitrogens with one attached hydrogen (secondary N) is 1. The Labute approximate surface area is 193 Å². The number of nitro groups is 1. The number of carbonyl (C=O) groups excluding carboxylic acids is 2. The molecule has 2 aliphatic heterocycles. The third-order valence-corrected chi connectivity index (χ3v) is 6.12. The summed E-state index contributed by atoms with van der Waals surface area (Å²) in [5.74, 6) is -1.85. The van der Waals surface area contributed by atoms with Gasteiger partial charge < -0.3 is 19.7 Å². The van der Waals surface area contributed by atoms with Gasteiger partial charge in [-0.2, -0.15) is 0 Å². The van der Waals surface area contributed by atoms with Crippen molar-refractivity contribution in [3.05, 3.63) is 62.5 Å². The number of nitro benzene ring substituents is 1. The predicted octanol–water partition coefficient (Wildman–Crippen LogP) is 3.42. The van der Waals surface area contributed by atoms with Crippen molar-refractivity contribution in [2.45, 2.75) is 45.4 Å². The number of benzene rings is 1. The van der Waals surface area contributed by atoms with Crippen molar-refractivity contribution in [2.24, 2.45) is 0 Å². The minimum absolute atomic E-state index is 0.0736. The van der Waals surface area contributed by atoms with E-state index in [1.54, 1.807) is 26.0 Å². The van der Waals surface area contributed by atoms with Gasteiger partial charge in [0.25, 0.3) is 5.69 Å². The van der Waals surface area contributed by atoms with Crippen LogP contribution in [0.1, 0.15) is 51.0 Å². The number of likely N-dealkylation sites (tertiary alicyclic amines) is 1. The zero-order chi connectivity index (χ0) is 24.0. The number of dihydropyridines is 1. The fourth-order valence-corrected chi connectivity index (χ4v) is 4.48. The SMILES string of the molecule is COC(=O)C1=C(C)NC(C)=C(C(=O)OCCCN2CCCCC2)C1c1ccc([N+](=O)[O-])cc1. The van der Waals surface area contributed by atoms with Crippen molar-refractivity contribution in [3.63, 3.8) is 0 Å². The first-order valence-corrected chi connectivity index (χ1v) is 11.2. The number of allylic oxidation sites excluding steroid dienone is 2.